The van der Waals surface area contributed by atoms with Gasteiger partial charge in [0.2, 0.25) is 5.91 Å². The molecule has 1 aliphatic heterocycles. The first kappa shape index (κ1) is 21.3. The van der Waals surface area contributed by atoms with Gasteiger partial charge in [-0.3, -0.25) is 19.1 Å². The van der Waals surface area contributed by atoms with Crippen LogP contribution in [0.1, 0.15) is 39.9 Å². The third-order valence-electron chi connectivity index (χ3n) is 5.32. The summed E-state index contributed by atoms with van der Waals surface area (Å²) in [5.41, 5.74) is 2.20. The van der Waals surface area contributed by atoms with Crippen LogP contribution in [0.3, 0.4) is 0 Å². The molecule has 2 heterocycles. The van der Waals surface area contributed by atoms with Gasteiger partial charge in [-0.15, -0.1) is 0 Å². The van der Waals surface area contributed by atoms with Crippen molar-refractivity contribution in [3.63, 3.8) is 0 Å². The molecule has 4 rings (SSSR count). The van der Waals surface area contributed by atoms with Gasteiger partial charge in [0.1, 0.15) is 11.7 Å². The van der Waals surface area contributed by atoms with E-state index < -0.39 is 11.9 Å². The predicted octanol–water partition coefficient (Wildman–Crippen LogP) is 2.69. The molecule has 3 amide bonds. The van der Waals surface area contributed by atoms with Crippen molar-refractivity contribution in [1.82, 2.24) is 20.0 Å². The van der Waals surface area contributed by atoms with Crippen LogP contribution < -0.4 is 10.6 Å². The molecule has 0 saturated carbocycles. The normalized spacial score (nSPS) is 14.3. The Morgan fingerprint density at radius 1 is 1.03 bits per heavy atom. The number of para-hydroxylation sites is 1. The van der Waals surface area contributed by atoms with Gasteiger partial charge < -0.3 is 15.5 Å². The van der Waals surface area contributed by atoms with Crippen LogP contribution in [-0.4, -0.2) is 45.0 Å². The Balaban J connectivity index is 1.43. The molecule has 8 heteroatoms. The monoisotopic (exact) mass is 431 g/mol. The average Bonchev–Trinajstić information content (AvgIpc) is 3.18. The first-order valence-corrected chi connectivity index (χ1v) is 10.6. The van der Waals surface area contributed by atoms with E-state index in [4.69, 9.17) is 0 Å². The van der Waals surface area contributed by atoms with Crippen molar-refractivity contribution in [1.29, 1.82) is 0 Å². The van der Waals surface area contributed by atoms with E-state index in [1.807, 2.05) is 48.5 Å². The highest BCUT2D eigenvalue weighted by atomic mass is 16.2. The molecule has 2 N–H and O–H groups in total. The van der Waals surface area contributed by atoms with E-state index in [9.17, 15) is 14.4 Å². The highest BCUT2D eigenvalue weighted by molar-refractivity contribution is 6.01. The van der Waals surface area contributed by atoms with E-state index in [-0.39, 0.29) is 17.5 Å². The van der Waals surface area contributed by atoms with Gasteiger partial charge >= 0.3 is 0 Å². The zero-order valence-corrected chi connectivity index (χ0v) is 17.8. The lowest BCUT2D eigenvalue weighted by atomic mass is 10.2. The van der Waals surface area contributed by atoms with E-state index in [1.165, 1.54) is 6.07 Å². The minimum atomic E-state index is -0.769. The fourth-order valence-electron chi connectivity index (χ4n) is 3.61. The van der Waals surface area contributed by atoms with Gasteiger partial charge in [0, 0.05) is 31.4 Å². The molecule has 1 aliphatic rings. The number of benzene rings is 2. The quantitative estimate of drug-likeness (QED) is 0.627. The van der Waals surface area contributed by atoms with Crippen LogP contribution in [0.5, 0.6) is 0 Å². The maximum atomic E-state index is 13.1. The molecule has 0 bridgehead atoms. The Labute approximate surface area is 186 Å². The number of anilines is 1. The second-order valence-corrected chi connectivity index (χ2v) is 7.75. The number of hydrogen-bond donors (Lipinski definition) is 2. The van der Waals surface area contributed by atoms with Crippen LogP contribution in [0.4, 0.5) is 5.69 Å². The summed E-state index contributed by atoms with van der Waals surface area (Å²) >= 11 is 0. The summed E-state index contributed by atoms with van der Waals surface area (Å²) < 4.78 is 1.58. The van der Waals surface area contributed by atoms with Crippen molar-refractivity contribution in [2.45, 2.75) is 32.5 Å². The van der Waals surface area contributed by atoms with Crippen molar-refractivity contribution in [2.24, 2.45) is 0 Å². The Morgan fingerprint density at radius 2 is 1.72 bits per heavy atom. The lowest BCUT2D eigenvalue weighted by molar-refractivity contribution is -0.117. The SMILES string of the molecule is CC(NC(=O)c1cc2n(n1)CCCN(Cc1ccccc1)C2=O)C(=O)Nc1ccccc1. The molecule has 1 aromatic heterocycles. The molecule has 8 nitrogen and oxygen atoms in total. The van der Waals surface area contributed by atoms with E-state index in [0.29, 0.717) is 31.0 Å². The lowest BCUT2D eigenvalue weighted by Crippen LogP contribution is -2.41. The number of nitrogens with one attached hydrogen (secondary N) is 2. The average molecular weight is 431 g/mol. The molecule has 0 aliphatic carbocycles. The van der Waals surface area contributed by atoms with Crippen LogP contribution in [0.15, 0.2) is 66.7 Å². The fraction of sp³-hybridized carbons (Fsp3) is 0.250. The summed E-state index contributed by atoms with van der Waals surface area (Å²) in [7, 11) is 0. The van der Waals surface area contributed by atoms with E-state index >= 15 is 0 Å². The Bertz CT molecular complexity index is 1110. The van der Waals surface area contributed by atoms with Crippen LogP contribution in [0.2, 0.25) is 0 Å². The zero-order valence-electron chi connectivity index (χ0n) is 17.8. The summed E-state index contributed by atoms with van der Waals surface area (Å²) in [4.78, 5) is 39.9. The summed E-state index contributed by atoms with van der Waals surface area (Å²) in [5.74, 6) is -0.994. The maximum absolute atomic E-state index is 13.1. The van der Waals surface area contributed by atoms with E-state index in [0.717, 1.165) is 12.0 Å². The van der Waals surface area contributed by atoms with Crippen molar-refractivity contribution in [3.05, 3.63) is 83.7 Å². The Hall–Kier alpha value is -3.94. The molecule has 0 radical (unpaired) electrons. The number of amides is 3. The lowest BCUT2D eigenvalue weighted by Gasteiger charge is -2.20. The smallest absolute Gasteiger partial charge is 0.272 e. The van der Waals surface area contributed by atoms with Gasteiger partial charge in [0.25, 0.3) is 11.8 Å². The molecule has 32 heavy (non-hydrogen) atoms. The number of aromatic nitrogens is 2. The number of nitrogens with zero attached hydrogens (tertiary/aromatic N) is 3. The van der Waals surface area contributed by atoms with Crippen molar-refractivity contribution < 1.29 is 14.4 Å². The number of carbonyl (C=O) groups excluding carboxylic acids is 3. The zero-order chi connectivity index (χ0) is 22.5. The van der Waals surface area contributed by atoms with Gasteiger partial charge in [0.15, 0.2) is 5.69 Å². The molecule has 3 aromatic rings. The molecule has 0 fully saturated rings. The molecule has 0 spiro atoms. The second kappa shape index (κ2) is 9.47. The summed E-state index contributed by atoms with van der Waals surface area (Å²) in [5, 5.41) is 9.73. The minimum absolute atomic E-state index is 0.120. The second-order valence-electron chi connectivity index (χ2n) is 7.75. The van der Waals surface area contributed by atoms with Crippen molar-refractivity contribution >= 4 is 23.4 Å². The van der Waals surface area contributed by atoms with Gasteiger partial charge in [-0.2, -0.15) is 5.10 Å². The van der Waals surface area contributed by atoms with E-state index in [1.54, 1.807) is 28.6 Å². The Morgan fingerprint density at radius 3 is 2.44 bits per heavy atom. The van der Waals surface area contributed by atoms with Gasteiger partial charge in [0.05, 0.1) is 0 Å². The summed E-state index contributed by atoms with van der Waals surface area (Å²) in [6, 6.07) is 19.5. The highest BCUT2D eigenvalue weighted by Gasteiger charge is 2.27. The van der Waals surface area contributed by atoms with Gasteiger partial charge in [-0.25, -0.2) is 0 Å². The number of carbonyl (C=O) groups is 3. The molecule has 2 aromatic carbocycles. The summed E-state index contributed by atoms with van der Waals surface area (Å²) in [6.07, 6.45) is 0.740. The topological polar surface area (TPSA) is 96.3 Å². The molecular formula is C24H25N5O3. The minimum Gasteiger partial charge on any atom is -0.339 e. The first-order chi connectivity index (χ1) is 15.5. The van der Waals surface area contributed by atoms with Gasteiger partial charge in [-0.05, 0) is 31.0 Å². The van der Waals surface area contributed by atoms with Crippen LogP contribution in [0.25, 0.3) is 0 Å². The third-order valence-corrected chi connectivity index (χ3v) is 5.32. The highest BCUT2D eigenvalue weighted by Crippen LogP contribution is 2.17. The maximum Gasteiger partial charge on any atom is 0.272 e. The van der Waals surface area contributed by atoms with E-state index in [2.05, 4.69) is 15.7 Å². The van der Waals surface area contributed by atoms with Crippen LogP contribution >= 0.6 is 0 Å². The third kappa shape index (κ3) is 4.85. The number of fused-ring (bicyclic) bond motifs is 1. The molecule has 1 unspecified atom stereocenters. The standard InChI is InChI=1S/C24H25N5O3/c1-17(22(30)26-19-11-6-3-7-12-19)25-23(31)20-15-21-24(32)28(13-8-14-29(21)27-20)16-18-9-4-2-5-10-18/h2-7,9-12,15,17H,8,13-14,16H2,1H3,(H,25,31)(H,26,30). The van der Waals surface area contributed by atoms with Crippen molar-refractivity contribution in [3.8, 4) is 0 Å². The number of aryl methyl sites for hydroxylation is 1. The number of rotatable bonds is 6. The largest absolute Gasteiger partial charge is 0.339 e. The molecule has 0 saturated heterocycles. The predicted molar refractivity (Wildman–Crippen MR) is 120 cm³/mol. The van der Waals surface area contributed by atoms with Crippen molar-refractivity contribution in [2.75, 3.05) is 11.9 Å². The first-order valence-electron chi connectivity index (χ1n) is 10.6. The molecular weight excluding hydrogens is 406 g/mol. The number of hydrogen-bond acceptors (Lipinski definition) is 4. The molecule has 164 valence electrons. The van der Waals surface area contributed by atoms with Crippen LogP contribution in [0, 0.1) is 0 Å². The summed E-state index contributed by atoms with van der Waals surface area (Å²) in [6.45, 7) is 3.27. The fourth-order valence-corrected chi connectivity index (χ4v) is 3.61. The molecule has 1 atom stereocenters. The Kier molecular flexibility index (Phi) is 6.30. The van der Waals surface area contributed by atoms with Gasteiger partial charge in [-0.1, -0.05) is 48.5 Å². The van der Waals surface area contributed by atoms with Crippen LogP contribution in [-0.2, 0) is 17.9 Å².